The van der Waals surface area contributed by atoms with Crippen LogP contribution in [0, 0.1) is 0 Å². The Morgan fingerprint density at radius 2 is 1.92 bits per heavy atom. The van der Waals surface area contributed by atoms with Crippen LogP contribution in [0.1, 0.15) is 12.8 Å². The topological polar surface area (TPSA) is 41.6 Å². The number of alkyl halides is 2. The second-order valence-corrected chi connectivity index (χ2v) is 2.92. The van der Waals surface area contributed by atoms with Gasteiger partial charge in [0.1, 0.15) is 0 Å². The van der Waals surface area contributed by atoms with Crippen molar-refractivity contribution in [3.8, 4) is 0 Å². The summed E-state index contributed by atoms with van der Waals surface area (Å²) < 4.78 is 25.3. The highest BCUT2D eigenvalue weighted by Crippen LogP contribution is 2.27. The number of aliphatic imine (C=N–C) groups is 1. The van der Waals surface area contributed by atoms with Crippen molar-refractivity contribution in [3.63, 3.8) is 0 Å². The van der Waals surface area contributed by atoms with Crippen LogP contribution < -0.4 is 5.73 Å². The fourth-order valence-electron chi connectivity index (χ4n) is 1.20. The smallest absolute Gasteiger partial charge is 0.251 e. The van der Waals surface area contributed by atoms with Gasteiger partial charge in [0.05, 0.1) is 0 Å². The van der Waals surface area contributed by atoms with E-state index in [1.165, 1.54) is 0 Å². The van der Waals surface area contributed by atoms with Crippen LogP contribution in [0.25, 0.3) is 0 Å². The third-order valence-electron chi connectivity index (χ3n) is 2.05. The van der Waals surface area contributed by atoms with E-state index in [2.05, 4.69) is 4.99 Å². The van der Waals surface area contributed by atoms with Gasteiger partial charge in [0.2, 0.25) is 0 Å². The highest BCUT2D eigenvalue weighted by molar-refractivity contribution is 5.77. The molecular formula is C7H13F2N3. The van der Waals surface area contributed by atoms with Crippen molar-refractivity contribution in [2.24, 2.45) is 10.7 Å². The molecule has 0 amide bonds. The van der Waals surface area contributed by atoms with Crippen molar-refractivity contribution in [2.75, 3.05) is 20.1 Å². The third kappa shape index (κ3) is 2.06. The lowest BCUT2D eigenvalue weighted by Crippen LogP contribution is -2.45. The van der Waals surface area contributed by atoms with Crippen LogP contribution in [0.5, 0.6) is 0 Å². The van der Waals surface area contributed by atoms with Gasteiger partial charge < -0.3 is 10.6 Å². The Balaban J connectivity index is 2.47. The molecule has 70 valence electrons. The molecular weight excluding hydrogens is 164 g/mol. The third-order valence-corrected chi connectivity index (χ3v) is 2.05. The Hall–Kier alpha value is -0.870. The van der Waals surface area contributed by atoms with Crippen LogP contribution in [-0.2, 0) is 0 Å². The van der Waals surface area contributed by atoms with E-state index in [0.29, 0.717) is 19.0 Å². The molecule has 3 nitrogen and oxygen atoms in total. The van der Waals surface area contributed by atoms with Crippen molar-refractivity contribution < 1.29 is 8.78 Å². The monoisotopic (exact) mass is 177 g/mol. The first-order chi connectivity index (χ1) is 5.55. The van der Waals surface area contributed by atoms with Crippen LogP contribution in [0.3, 0.4) is 0 Å². The average Bonchev–Trinajstić information content (AvgIpc) is 2.03. The second-order valence-electron chi connectivity index (χ2n) is 2.92. The first-order valence-corrected chi connectivity index (χ1v) is 3.90. The molecule has 1 fully saturated rings. The highest BCUT2D eigenvalue weighted by Gasteiger charge is 2.34. The molecule has 0 radical (unpaired) electrons. The summed E-state index contributed by atoms with van der Waals surface area (Å²) in [6.07, 6.45) is -0.244. The van der Waals surface area contributed by atoms with Crippen LogP contribution in [0.2, 0.25) is 0 Å². The van der Waals surface area contributed by atoms with E-state index in [0.717, 1.165) is 0 Å². The number of hydrogen-bond acceptors (Lipinski definition) is 1. The SMILES string of the molecule is CN=C(N)N1CCC(F)(F)CC1. The Bertz CT molecular complexity index is 181. The van der Waals surface area contributed by atoms with E-state index in [1.54, 1.807) is 11.9 Å². The van der Waals surface area contributed by atoms with Crippen molar-refractivity contribution in [1.29, 1.82) is 0 Å². The normalized spacial score (nSPS) is 24.2. The van der Waals surface area contributed by atoms with E-state index in [-0.39, 0.29) is 12.8 Å². The fourth-order valence-corrected chi connectivity index (χ4v) is 1.20. The van der Waals surface area contributed by atoms with Gasteiger partial charge in [0.15, 0.2) is 5.96 Å². The average molecular weight is 177 g/mol. The quantitative estimate of drug-likeness (QED) is 0.436. The van der Waals surface area contributed by atoms with E-state index >= 15 is 0 Å². The molecule has 1 aliphatic rings. The van der Waals surface area contributed by atoms with E-state index in [4.69, 9.17) is 5.73 Å². The molecule has 0 aromatic rings. The predicted octanol–water partition coefficient (Wildman–Crippen LogP) is 0.662. The summed E-state index contributed by atoms with van der Waals surface area (Å²) in [7, 11) is 1.56. The molecule has 0 spiro atoms. The van der Waals surface area contributed by atoms with Gasteiger partial charge in [-0.1, -0.05) is 0 Å². The molecule has 1 rings (SSSR count). The Morgan fingerprint density at radius 1 is 1.42 bits per heavy atom. The zero-order valence-corrected chi connectivity index (χ0v) is 7.06. The number of nitrogens with two attached hydrogens (primary N) is 1. The Kier molecular flexibility index (Phi) is 2.49. The molecule has 1 saturated heterocycles. The minimum atomic E-state index is -2.51. The molecule has 12 heavy (non-hydrogen) atoms. The van der Waals surface area contributed by atoms with Crippen LogP contribution in [0.4, 0.5) is 8.78 Å². The molecule has 0 saturated carbocycles. The van der Waals surface area contributed by atoms with Crippen molar-refractivity contribution >= 4 is 5.96 Å². The molecule has 0 atom stereocenters. The fraction of sp³-hybridized carbons (Fsp3) is 0.857. The summed E-state index contributed by atoms with van der Waals surface area (Å²) in [5.41, 5.74) is 5.47. The number of rotatable bonds is 0. The molecule has 2 N–H and O–H groups in total. The van der Waals surface area contributed by atoms with Crippen molar-refractivity contribution in [2.45, 2.75) is 18.8 Å². The van der Waals surface area contributed by atoms with Gasteiger partial charge in [-0.15, -0.1) is 0 Å². The highest BCUT2D eigenvalue weighted by atomic mass is 19.3. The summed E-state index contributed by atoms with van der Waals surface area (Å²) in [5.74, 6) is -2.16. The molecule has 0 aromatic heterocycles. The standard InChI is InChI=1S/C7H13F2N3/c1-11-6(10)12-4-2-7(8,9)3-5-12/h2-5H2,1H3,(H2,10,11). The molecule has 0 unspecified atom stereocenters. The molecule has 0 aliphatic carbocycles. The minimum absolute atomic E-state index is 0.122. The maximum absolute atomic E-state index is 12.6. The number of halogens is 2. The van der Waals surface area contributed by atoms with Crippen molar-refractivity contribution in [1.82, 2.24) is 4.90 Å². The number of guanidine groups is 1. The van der Waals surface area contributed by atoms with Gasteiger partial charge in [-0.2, -0.15) is 0 Å². The predicted molar refractivity (Wildman–Crippen MR) is 43.3 cm³/mol. The van der Waals surface area contributed by atoms with Gasteiger partial charge in [-0.05, 0) is 0 Å². The second kappa shape index (κ2) is 3.25. The maximum atomic E-state index is 12.6. The zero-order valence-electron chi connectivity index (χ0n) is 7.06. The first-order valence-electron chi connectivity index (χ1n) is 3.90. The van der Waals surface area contributed by atoms with E-state index in [9.17, 15) is 8.78 Å². The van der Waals surface area contributed by atoms with Crippen LogP contribution in [-0.4, -0.2) is 36.9 Å². The van der Waals surface area contributed by atoms with Gasteiger partial charge in [0, 0.05) is 33.0 Å². The molecule has 5 heteroatoms. The summed E-state index contributed by atoms with van der Waals surface area (Å²) in [5, 5.41) is 0. The van der Waals surface area contributed by atoms with E-state index < -0.39 is 5.92 Å². The Labute approximate surface area is 70.2 Å². The van der Waals surface area contributed by atoms with Crippen molar-refractivity contribution in [3.05, 3.63) is 0 Å². The lowest BCUT2D eigenvalue weighted by molar-refractivity contribution is -0.0436. The van der Waals surface area contributed by atoms with Gasteiger partial charge >= 0.3 is 0 Å². The Morgan fingerprint density at radius 3 is 2.33 bits per heavy atom. The molecule has 1 heterocycles. The van der Waals surface area contributed by atoms with E-state index in [1.807, 2.05) is 0 Å². The number of piperidine rings is 1. The van der Waals surface area contributed by atoms with Gasteiger partial charge in [0.25, 0.3) is 5.92 Å². The number of nitrogens with zero attached hydrogens (tertiary/aromatic N) is 2. The number of likely N-dealkylation sites (tertiary alicyclic amines) is 1. The lowest BCUT2D eigenvalue weighted by Gasteiger charge is -2.32. The lowest BCUT2D eigenvalue weighted by atomic mass is 10.1. The largest absolute Gasteiger partial charge is 0.370 e. The summed E-state index contributed by atoms with van der Waals surface area (Å²) in [4.78, 5) is 5.41. The van der Waals surface area contributed by atoms with Crippen LogP contribution >= 0.6 is 0 Å². The zero-order chi connectivity index (χ0) is 9.19. The molecule has 0 bridgehead atoms. The number of hydrogen-bond donors (Lipinski definition) is 1. The molecule has 1 aliphatic heterocycles. The minimum Gasteiger partial charge on any atom is -0.370 e. The first kappa shape index (κ1) is 9.22. The van der Waals surface area contributed by atoms with Gasteiger partial charge in [-0.25, -0.2) is 8.78 Å². The summed E-state index contributed by atoms with van der Waals surface area (Å²) >= 11 is 0. The maximum Gasteiger partial charge on any atom is 0.251 e. The summed E-state index contributed by atoms with van der Waals surface area (Å²) in [6.45, 7) is 0.604. The summed E-state index contributed by atoms with van der Waals surface area (Å²) in [6, 6.07) is 0. The molecule has 0 aromatic carbocycles. The van der Waals surface area contributed by atoms with Gasteiger partial charge in [-0.3, -0.25) is 4.99 Å². The van der Waals surface area contributed by atoms with Crippen LogP contribution in [0.15, 0.2) is 4.99 Å².